The molecule has 1 fully saturated rings. The smallest absolute Gasteiger partial charge is 0.416 e. The van der Waals surface area contributed by atoms with Crippen LogP contribution in [0.25, 0.3) is 0 Å². The number of carbonyl (C=O) groups excluding carboxylic acids is 1. The van der Waals surface area contributed by atoms with Gasteiger partial charge in [-0.25, -0.2) is 0 Å². The molecular weight excluding hydrogens is 465 g/mol. The Kier molecular flexibility index (Phi) is 7.50. The molecule has 2 heterocycles. The maximum absolute atomic E-state index is 13.7. The van der Waals surface area contributed by atoms with E-state index in [9.17, 15) is 18.0 Å². The second-order valence-corrected chi connectivity index (χ2v) is 7.83. The van der Waals surface area contributed by atoms with E-state index in [0.717, 1.165) is 6.07 Å². The predicted octanol–water partition coefficient (Wildman–Crippen LogP) is 4.65. The van der Waals surface area contributed by atoms with Gasteiger partial charge in [0.15, 0.2) is 17.3 Å². The van der Waals surface area contributed by atoms with Crippen LogP contribution in [0.5, 0.6) is 11.5 Å². The molecule has 0 radical (unpaired) electrons. The molecule has 0 unspecified atom stereocenters. The van der Waals surface area contributed by atoms with Crippen molar-refractivity contribution in [1.29, 1.82) is 0 Å². The lowest BCUT2D eigenvalue weighted by Gasteiger charge is -2.29. The van der Waals surface area contributed by atoms with Crippen LogP contribution in [0, 0.1) is 0 Å². The number of halogens is 3. The third kappa shape index (κ3) is 6.07. The Balaban J connectivity index is 1.39. The van der Waals surface area contributed by atoms with E-state index in [1.165, 1.54) is 19.2 Å². The molecule has 1 saturated heterocycles. The average molecular weight is 490 g/mol. The van der Waals surface area contributed by atoms with Crippen LogP contribution >= 0.6 is 0 Å². The van der Waals surface area contributed by atoms with E-state index >= 15 is 0 Å². The monoisotopic (exact) mass is 490 g/mol. The first-order chi connectivity index (χ1) is 16.8. The molecule has 1 aromatic heterocycles. The molecule has 1 aliphatic rings. The number of ether oxygens (including phenoxy) is 3. The Hall–Kier alpha value is -3.66. The van der Waals surface area contributed by atoms with E-state index in [1.807, 2.05) is 4.90 Å². The maximum atomic E-state index is 13.7. The fourth-order valence-electron chi connectivity index (χ4n) is 3.73. The van der Waals surface area contributed by atoms with Crippen LogP contribution in [0.2, 0.25) is 0 Å². The van der Waals surface area contributed by atoms with Gasteiger partial charge in [0.05, 0.1) is 25.9 Å². The van der Waals surface area contributed by atoms with E-state index in [-0.39, 0.29) is 24.5 Å². The molecule has 186 valence electrons. The zero-order valence-electron chi connectivity index (χ0n) is 19.1. The van der Waals surface area contributed by atoms with Crippen molar-refractivity contribution in [2.75, 3.05) is 38.3 Å². The van der Waals surface area contributed by atoms with E-state index in [4.69, 9.17) is 18.6 Å². The largest absolute Gasteiger partial charge is 0.493 e. The number of amides is 1. The molecule has 2 aromatic carbocycles. The third-order valence-electron chi connectivity index (χ3n) is 5.54. The van der Waals surface area contributed by atoms with Gasteiger partial charge in [0.2, 0.25) is 0 Å². The minimum atomic E-state index is -4.56. The van der Waals surface area contributed by atoms with Gasteiger partial charge < -0.3 is 28.8 Å². The molecule has 1 amide bonds. The standard InChI is InChI=1S/C25H25F3N2O5/c1-32-21-4-2-3-5-22(21)34-16-19-8-9-23(35-19)24(31)29-15-17-6-7-18(14-20(17)25(26,27)28)30-10-12-33-13-11-30/h2-9,14H,10-13,15-16H2,1H3,(H,29,31). The first-order valence-corrected chi connectivity index (χ1v) is 11.0. The van der Waals surface area contributed by atoms with Crippen LogP contribution in [-0.2, 0) is 24.1 Å². The van der Waals surface area contributed by atoms with E-state index in [0.29, 0.717) is 49.2 Å². The highest BCUT2D eigenvalue weighted by atomic mass is 19.4. The highest BCUT2D eigenvalue weighted by Crippen LogP contribution is 2.35. The summed E-state index contributed by atoms with van der Waals surface area (Å²) in [5.41, 5.74) is -0.345. The Labute approximate surface area is 200 Å². The normalized spacial score (nSPS) is 14.0. The van der Waals surface area contributed by atoms with Gasteiger partial charge in [0.1, 0.15) is 12.4 Å². The summed E-state index contributed by atoms with van der Waals surface area (Å²) in [4.78, 5) is 14.4. The van der Waals surface area contributed by atoms with Crippen molar-refractivity contribution < 1.29 is 36.6 Å². The highest BCUT2D eigenvalue weighted by Gasteiger charge is 2.34. The molecule has 7 nitrogen and oxygen atoms in total. The SMILES string of the molecule is COc1ccccc1OCc1ccc(C(=O)NCc2ccc(N3CCOCC3)cc2C(F)(F)F)o1. The molecule has 4 rings (SSSR count). The lowest BCUT2D eigenvalue weighted by Crippen LogP contribution is -2.36. The number of nitrogens with zero attached hydrogens (tertiary/aromatic N) is 1. The first kappa shape index (κ1) is 24.5. The van der Waals surface area contributed by atoms with E-state index in [1.54, 1.807) is 36.4 Å². The molecule has 0 spiro atoms. The minimum absolute atomic E-state index is 0.0258. The number of anilines is 1. The number of hydrogen-bond acceptors (Lipinski definition) is 6. The van der Waals surface area contributed by atoms with Crippen LogP contribution in [0.4, 0.5) is 18.9 Å². The summed E-state index contributed by atoms with van der Waals surface area (Å²) in [5, 5.41) is 2.51. The molecule has 10 heteroatoms. The zero-order valence-corrected chi connectivity index (χ0v) is 19.1. The fourth-order valence-corrected chi connectivity index (χ4v) is 3.73. The van der Waals surface area contributed by atoms with Gasteiger partial charge in [-0.3, -0.25) is 4.79 Å². The number of alkyl halides is 3. The maximum Gasteiger partial charge on any atom is 0.416 e. The van der Waals surface area contributed by atoms with Crippen molar-refractivity contribution >= 4 is 11.6 Å². The molecule has 0 saturated carbocycles. The molecule has 0 aliphatic carbocycles. The van der Waals surface area contributed by atoms with Crippen LogP contribution in [0.15, 0.2) is 59.0 Å². The molecule has 3 aromatic rings. The Morgan fingerprint density at radius 2 is 1.80 bits per heavy atom. The molecule has 35 heavy (non-hydrogen) atoms. The lowest BCUT2D eigenvalue weighted by molar-refractivity contribution is -0.138. The van der Waals surface area contributed by atoms with E-state index in [2.05, 4.69) is 5.32 Å². The number of morpholine rings is 1. The molecular formula is C25H25F3N2O5. The first-order valence-electron chi connectivity index (χ1n) is 11.0. The van der Waals surface area contributed by atoms with Gasteiger partial charge in [-0.1, -0.05) is 18.2 Å². The van der Waals surface area contributed by atoms with E-state index < -0.39 is 17.6 Å². The van der Waals surface area contributed by atoms with Crippen LogP contribution in [0.1, 0.15) is 27.4 Å². The Morgan fingerprint density at radius 1 is 1.06 bits per heavy atom. The van der Waals surface area contributed by atoms with Crippen molar-refractivity contribution in [2.45, 2.75) is 19.3 Å². The van der Waals surface area contributed by atoms with Crippen LogP contribution in [-0.4, -0.2) is 39.3 Å². The van der Waals surface area contributed by atoms with Gasteiger partial charge >= 0.3 is 6.18 Å². The number of nitrogens with one attached hydrogen (secondary N) is 1. The summed E-state index contributed by atoms with van der Waals surface area (Å²) in [7, 11) is 1.53. The van der Waals surface area contributed by atoms with Crippen LogP contribution in [0.3, 0.4) is 0 Å². The van der Waals surface area contributed by atoms with Gasteiger partial charge in [0.25, 0.3) is 5.91 Å². The van der Waals surface area contributed by atoms with Gasteiger partial charge in [0, 0.05) is 25.3 Å². The predicted molar refractivity (Wildman–Crippen MR) is 122 cm³/mol. The summed E-state index contributed by atoms with van der Waals surface area (Å²) in [6.45, 7) is 1.73. The minimum Gasteiger partial charge on any atom is -0.493 e. The lowest BCUT2D eigenvalue weighted by atomic mass is 10.0. The summed E-state index contributed by atoms with van der Waals surface area (Å²) in [6.07, 6.45) is -4.56. The van der Waals surface area contributed by atoms with Gasteiger partial charge in [-0.2, -0.15) is 13.2 Å². The number of carbonyl (C=O) groups is 1. The number of hydrogen-bond donors (Lipinski definition) is 1. The van der Waals surface area contributed by atoms with Crippen molar-refractivity contribution in [2.24, 2.45) is 0 Å². The average Bonchev–Trinajstić information content (AvgIpc) is 3.35. The Bertz CT molecular complexity index is 1160. The highest BCUT2D eigenvalue weighted by molar-refractivity contribution is 5.91. The van der Waals surface area contributed by atoms with Crippen molar-refractivity contribution in [3.8, 4) is 11.5 Å². The zero-order chi connectivity index (χ0) is 24.8. The molecule has 1 N–H and O–H groups in total. The number of methoxy groups -OCH3 is 1. The second kappa shape index (κ2) is 10.7. The van der Waals surface area contributed by atoms with Gasteiger partial charge in [-0.05, 0) is 42.0 Å². The number of para-hydroxylation sites is 2. The van der Waals surface area contributed by atoms with Crippen molar-refractivity contribution in [3.63, 3.8) is 0 Å². The van der Waals surface area contributed by atoms with Gasteiger partial charge in [-0.15, -0.1) is 0 Å². The van der Waals surface area contributed by atoms with Crippen molar-refractivity contribution in [3.05, 3.63) is 77.2 Å². The number of benzene rings is 2. The quantitative estimate of drug-likeness (QED) is 0.496. The third-order valence-corrected chi connectivity index (χ3v) is 5.54. The Morgan fingerprint density at radius 3 is 2.51 bits per heavy atom. The molecule has 0 bridgehead atoms. The summed E-state index contributed by atoms with van der Waals surface area (Å²) >= 11 is 0. The summed E-state index contributed by atoms with van der Waals surface area (Å²) in [6, 6.07) is 14.2. The summed E-state index contributed by atoms with van der Waals surface area (Å²) < 4.78 is 62.8. The van der Waals surface area contributed by atoms with Crippen LogP contribution < -0.4 is 19.7 Å². The topological polar surface area (TPSA) is 73.2 Å². The number of furan rings is 1. The molecule has 1 aliphatic heterocycles. The molecule has 0 atom stereocenters. The van der Waals surface area contributed by atoms with Crippen molar-refractivity contribution in [1.82, 2.24) is 5.32 Å². The summed E-state index contributed by atoms with van der Waals surface area (Å²) in [5.74, 6) is 0.794. The second-order valence-electron chi connectivity index (χ2n) is 7.83. The fraction of sp³-hybridized carbons (Fsp3) is 0.320. The number of rotatable bonds is 8.